The number of aromatic nitrogens is 2. The van der Waals surface area contributed by atoms with Crippen LogP contribution in [-0.4, -0.2) is 80.6 Å². The highest BCUT2D eigenvalue weighted by Gasteiger charge is 2.34. The Kier molecular flexibility index (Phi) is 7.81. The van der Waals surface area contributed by atoms with Crippen LogP contribution in [-0.2, 0) is 25.6 Å². The second-order valence-corrected chi connectivity index (χ2v) is 6.80. The molecule has 2 rings (SSSR count). The number of thiol groups is 1. The van der Waals surface area contributed by atoms with Crippen LogP contribution in [0.15, 0.2) is 12.5 Å². The molecule has 11 nitrogen and oxygen atoms in total. The Hall–Kier alpha value is -2.60. The molecule has 0 bridgehead atoms. The van der Waals surface area contributed by atoms with Crippen LogP contribution in [0.1, 0.15) is 18.5 Å². The Morgan fingerprint density at radius 2 is 2.14 bits per heavy atom. The van der Waals surface area contributed by atoms with E-state index in [9.17, 15) is 19.2 Å². The van der Waals surface area contributed by atoms with E-state index in [0.717, 1.165) is 0 Å². The number of H-pyrrole nitrogens is 1. The van der Waals surface area contributed by atoms with E-state index < -0.39 is 41.8 Å². The summed E-state index contributed by atoms with van der Waals surface area (Å²) in [5.74, 6) is -2.59. The predicted molar refractivity (Wildman–Crippen MR) is 101 cm³/mol. The number of carbonyl (C=O) groups is 4. The molecule has 3 unspecified atom stereocenters. The molecule has 3 amide bonds. The number of nitrogens with one attached hydrogen (secondary N) is 3. The van der Waals surface area contributed by atoms with Gasteiger partial charge in [-0.2, -0.15) is 12.6 Å². The highest BCUT2D eigenvalue weighted by molar-refractivity contribution is 7.80. The van der Waals surface area contributed by atoms with Gasteiger partial charge in [-0.1, -0.05) is 0 Å². The van der Waals surface area contributed by atoms with Crippen LogP contribution >= 0.6 is 12.6 Å². The molecule has 1 aromatic heterocycles. The molecule has 6 N–H and O–H groups in total. The Bertz CT molecular complexity index is 712. The van der Waals surface area contributed by atoms with E-state index in [1.807, 2.05) is 0 Å². The fraction of sp³-hybridized carbons (Fsp3) is 0.562. The Labute approximate surface area is 166 Å². The summed E-state index contributed by atoms with van der Waals surface area (Å²) in [6, 6.07) is -2.75. The molecular weight excluding hydrogens is 388 g/mol. The molecule has 12 heteroatoms. The van der Waals surface area contributed by atoms with Crippen molar-refractivity contribution in [3.8, 4) is 0 Å². The topological polar surface area (TPSA) is 171 Å². The number of nitrogens with two attached hydrogens (primary N) is 1. The Morgan fingerprint density at radius 3 is 2.75 bits per heavy atom. The lowest BCUT2D eigenvalue weighted by Crippen LogP contribution is -2.54. The van der Waals surface area contributed by atoms with Gasteiger partial charge in [0.25, 0.3) is 0 Å². The summed E-state index contributed by atoms with van der Waals surface area (Å²) in [4.78, 5) is 56.0. The fourth-order valence-electron chi connectivity index (χ4n) is 2.90. The highest BCUT2D eigenvalue weighted by atomic mass is 32.1. The number of carboxylic acid groups (broad SMARTS) is 1. The van der Waals surface area contributed by atoms with E-state index in [-0.39, 0.29) is 18.7 Å². The molecule has 3 atom stereocenters. The standard InChI is InChI=1S/C16H24N6O5S/c17-10(7-28)14(24)21-11(4-9-5-18-8-20-9)15(25)19-6-13(23)22-3-1-2-12(22)16(26)27/h5,8,10-12,28H,1-4,6-7,17H2,(H,18,20)(H,19,25)(H,21,24)(H,26,27). The van der Waals surface area contributed by atoms with Crippen molar-refractivity contribution in [2.75, 3.05) is 18.8 Å². The zero-order chi connectivity index (χ0) is 20.7. The molecule has 1 aliphatic heterocycles. The predicted octanol–water partition coefficient (Wildman–Crippen LogP) is -2.11. The number of imidazole rings is 1. The molecule has 1 fully saturated rings. The Morgan fingerprint density at radius 1 is 1.39 bits per heavy atom. The SMILES string of the molecule is NC(CS)C(=O)NC(Cc1cnc[nH]1)C(=O)NCC(=O)N1CCCC1C(=O)O. The van der Waals surface area contributed by atoms with E-state index in [2.05, 4.69) is 33.2 Å². The van der Waals surface area contributed by atoms with Crippen molar-refractivity contribution in [2.45, 2.75) is 37.4 Å². The molecule has 1 aliphatic rings. The zero-order valence-electron chi connectivity index (χ0n) is 15.1. The van der Waals surface area contributed by atoms with Crippen molar-refractivity contribution < 1.29 is 24.3 Å². The number of carboxylic acids is 1. The molecule has 0 saturated carbocycles. The third kappa shape index (κ3) is 5.70. The summed E-state index contributed by atoms with van der Waals surface area (Å²) in [6.07, 6.45) is 4.05. The van der Waals surface area contributed by atoms with E-state index in [0.29, 0.717) is 25.1 Å². The number of nitrogens with zero attached hydrogens (tertiary/aromatic N) is 2. The van der Waals surface area contributed by atoms with Gasteiger partial charge in [-0.05, 0) is 12.8 Å². The minimum Gasteiger partial charge on any atom is -0.480 e. The van der Waals surface area contributed by atoms with Crippen LogP contribution in [0.4, 0.5) is 0 Å². The molecule has 0 radical (unpaired) electrons. The van der Waals surface area contributed by atoms with Gasteiger partial charge in [0.1, 0.15) is 12.1 Å². The summed E-state index contributed by atoms with van der Waals surface area (Å²) in [5, 5.41) is 14.2. The minimum absolute atomic E-state index is 0.105. The molecule has 1 saturated heterocycles. The lowest BCUT2D eigenvalue weighted by Gasteiger charge is -2.23. The van der Waals surface area contributed by atoms with Crippen molar-refractivity contribution in [1.29, 1.82) is 0 Å². The summed E-state index contributed by atoms with van der Waals surface area (Å²) in [7, 11) is 0. The van der Waals surface area contributed by atoms with E-state index in [1.165, 1.54) is 17.4 Å². The number of hydrogen-bond acceptors (Lipinski definition) is 7. The van der Waals surface area contributed by atoms with Crippen molar-refractivity contribution in [1.82, 2.24) is 25.5 Å². The second-order valence-electron chi connectivity index (χ2n) is 6.43. The van der Waals surface area contributed by atoms with Crippen LogP contribution in [0.25, 0.3) is 0 Å². The fourth-order valence-corrected chi connectivity index (χ4v) is 3.06. The van der Waals surface area contributed by atoms with Gasteiger partial charge in [-0.15, -0.1) is 0 Å². The maximum Gasteiger partial charge on any atom is 0.326 e. The van der Waals surface area contributed by atoms with Gasteiger partial charge in [0.15, 0.2) is 0 Å². The van der Waals surface area contributed by atoms with Crippen LogP contribution in [0.5, 0.6) is 0 Å². The van der Waals surface area contributed by atoms with Gasteiger partial charge in [0.2, 0.25) is 17.7 Å². The van der Waals surface area contributed by atoms with Crippen LogP contribution in [0, 0.1) is 0 Å². The van der Waals surface area contributed by atoms with Gasteiger partial charge in [-0.3, -0.25) is 14.4 Å². The first-order valence-electron chi connectivity index (χ1n) is 8.77. The maximum absolute atomic E-state index is 12.5. The number of hydrogen-bond donors (Lipinski definition) is 6. The zero-order valence-corrected chi connectivity index (χ0v) is 16.0. The molecular formula is C16H24N6O5S. The summed E-state index contributed by atoms with van der Waals surface area (Å²) in [5.41, 5.74) is 6.24. The second kappa shape index (κ2) is 10.1. The molecule has 2 heterocycles. The molecule has 0 aromatic carbocycles. The summed E-state index contributed by atoms with van der Waals surface area (Å²) < 4.78 is 0. The van der Waals surface area contributed by atoms with E-state index in [4.69, 9.17) is 10.8 Å². The van der Waals surface area contributed by atoms with Crippen molar-refractivity contribution >= 4 is 36.3 Å². The number of carbonyl (C=O) groups excluding carboxylic acids is 3. The van der Waals surface area contributed by atoms with Crippen molar-refractivity contribution in [2.24, 2.45) is 5.73 Å². The first kappa shape index (κ1) is 21.7. The molecule has 0 spiro atoms. The van der Waals surface area contributed by atoms with Gasteiger partial charge >= 0.3 is 5.97 Å². The van der Waals surface area contributed by atoms with Gasteiger partial charge in [0.05, 0.1) is 18.9 Å². The number of likely N-dealkylation sites (tertiary alicyclic amines) is 1. The van der Waals surface area contributed by atoms with Crippen molar-refractivity contribution in [3.63, 3.8) is 0 Å². The third-order valence-corrected chi connectivity index (χ3v) is 4.81. The molecule has 28 heavy (non-hydrogen) atoms. The smallest absolute Gasteiger partial charge is 0.326 e. The average Bonchev–Trinajstić information content (AvgIpc) is 3.36. The minimum atomic E-state index is -1.07. The number of amides is 3. The average molecular weight is 412 g/mol. The summed E-state index contributed by atoms with van der Waals surface area (Å²) in [6.45, 7) is -0.0344. The first-order chi connectivity index (χ1) is 13.3. The van der Waals surface area contributed by atoms with Crippen LogP contribution < -0.4 is 16.4 Å². The number of aromatic amines is 1. The molecule has 0 aliphatic carbocycles. The molecule has 1 aromatic rings. The lowest BCUT2D eigenvalue weighted by atomic mass is 10.1. The van der Waals surface area contributed by atoms with E-state index in [1.54, 1.807) is 0 Å². The van der Waals surface area contributed by atoms with Crippen LogP contribution in [0.3, 0.4) is 0 Å². The van der Waals surface area contributed by atoms with Gasteiger partial charge in [-0.25, -0.2) is 9.78 Å². The molecule has 154 valence electrons. The van der Waals surface area contributed by atoms with Crippen molar-refractivity contribution in [3.05, 3.63) is 18.2 Å². The number of aliphatic carboxylic acids is 1. The van der Waals surface area contributed by atoms with E-state index >= 15 is 0 Å². The first-order valence-corrected chi connectivity index (χ1v) is 9.40. The summed E-state index contributed by atoms with van der Waals surface area (Å²) >= 11 is 3.96. The third-order valence-electron chi connectivity index (χ3n) is 4.42. The quantitative estimate of drug-likeness (QED) is 0.252. The van der Waals surface area contributed by atoms with Crippen LogP contribution in [0.2, 0.25) is 0 Å². The maximum atomic E-state index is 12.5. The lowest BCUT2D eigenvalue weighted by molar-refractivity contribution is -0.148. The highest BCUT2D eigenvalue weighted by Crippen LogP contribution is 2.17. The normalized spacial score (nSPS) is 18.4. The number of rotatable bonds is 9. The van der Waals surface area contributed by atoms with Gasteiger partial charge in [0, 0.05) is 30.6 Å². The van der Waals surface area contributed by atoms with Gasteiger partial charge < -0.3 is 31.4 Å². The largest absolute Gasteiger partial charge is 0.480 e. The monoisotopic (exact) mass is 412 g/mol. The Balaban J connectivity index is 1.98.